The predicted molar refractivity (Wildman–Crippen MR) is 56.2 cm³/mol. The molecule has 16 heavy (non-hydrogen) atoms. The van der Waals surface area contributed by atoms with Gasteiger partial charge in [-0.05, 0) is 18.2 Å². The molecule has 0 saturated heterocycles. The second kappa shape index (κ2) is 3.52. The van der Waals surface area contributed by atoms with Gasteiger partial charge in [0.05, 0.1) is 16.1 Å². The Balaban J connectivity index is 2.78. The number of hydrogen-bond acceptors (Lipinski definition) is 2. The van der Waals surface area contributed by atoms with Crippen LogP contribution in [0.25, 0.3) is 10.9 Å². The molecule has 0 spiro atoms. The number of alkyl halides is 3. The summed E-state index contributed by atoms with van der Waals surface area (Å²) in [7, 11) is 0. The maximum absolute atomic E-state index is 12.5. The van der Waals surface area contributed by atoms with Crippen LogP contribution in [0.5, 0.6) is 0 Å². The Morgan fingerprint density at radius 3 is 2.56 bits per heavy atom. The van der Waals surface area contributed by atoms with Crippen LogP contribution in [0.1, 0.15) is 5.56 Å². The Morgan fingerprint density at radius 1 is 1.25 bits per heavy atom. The van der Waals surface area contributed by atoms with Crippen molar-refractivity contribution in [3.63, 3.8) is 0 Å². The third kappa shape index (κ3) is 1.78. The van der Waals surface area contributed by atoms with Gasteiger partial charge in [-0.1, -0.05) is 11.6 Å². The lowest BCUT2D eigenvalue weighted by atomic mass is 10.1. The number of rotatable bonds is 0. The van der Waals surface area contributed by atoms with E-state index in [0.29, 0.717) is 11.1 Å². The SMILES string of the molecule is Nc1ccnc2cc(C(F)(F)F)c(Cl)cc12. The zero-order chi connectivity index (χ0) is 11.9. The number of anilines is 1. The van der Waals surface area contributed by atoms with Gasteiger partial charge >= 0.3 is 6.18 Å². The van der Waals surface area contributed by atoms with Gasteiger partial charge in [0.2, 0.25) is 0 Å². The average molecular weight is 247 g/mol. The third-order valence-corrected chi connectivity index (χ3v) is 2.48. The molecule has 0 aliphatic heterocycles. The van der Waals surface area contributed by atoms with Crippen molar-refractivity contribution in [2.24, 2.45) is 0 Å². The van der Waals surface area contributed by atoms with Crippen molar-refractivity contribution >= 4 is 28.2 Å². The maximum Gasteiger partial charge on any atom is 0.417 e. The fraction of sp³-hybridized carbons (Fsp3) is 0.100. The number of nitrogen functional groups attached to an aromatic ring is 1. The van der Waals surface area contributed by atoms with Crippen LogP contribution in [0.15, 0.2) is 24.4 Å². The molecule has 84 valence electrons. The normalized spacial score (nSPS) is 12.0. The van der Waals surface area contributed by atoms with E-state index in [-0.39, 0.29) is 10.5 Å². The first-order valence-corrected chi connectivity index (χ1v) is 4.68. The lowest BCUT2D eigenvalue weighted by Crippen LogP contribution is -2.06. The molecule has 1 aromatic heterocycles. The van der Waals surface area contributed by atoms with Crippen molar-refractivity contribution in [2.45, 2.75) is 6.18 Å². The maximum atomic E-state index is 12.5. The van der Waals surface area contributed by atoms with Crippen LogP contribution in [0.2, 0.25) is 5.02 Å². The topological polar surface area (TPSA) is 38.9 Å². The monoisotopic (exact) mass is 246 g/mol. The molecule has 6 heteroatoms. The number of hydrogen-bond donors (Lipinski definition) is 1. The molecule has 2 nitrogen and oxygen atoms in total. The molecular weight excluding hydrogens is 241 g/mol. The molecule has 0 atom stereocenters. The van der Waals surface area contributed by atoms with Crippen molar-refractivity contribution in [3.05, 3.63) is 35.0 Å². The van der Waals surface area contributed by atoms with E-state index in [4.69, 9.17) is 17.3 Å². The molecule has 0 fully saturated rings. The fourth-order valence-corrected chi connectivity index (χ4v) is 1.68. The second-order valence-electron chi connectivity index (χ2n) is 3.25. The lowest BCUT2D eigenvalue weighted by molar-refractivity contribution is -0.137. The highest BCUT2D eigenvalue weighted by atomic mass is 35.5. The van der Waals surface area contributed by atoms with Gasteiger partial charge in [0, 0.05) is 17.3 Å². The van der Waals surface area contributed by atoms with E-state index in [2.05, 4.69) is 4.98 Å². The number of aromatic nitrogens is 1. The summed E-state index contributed by atoms with van der Waals surface area (Å²) in [5, 5.41) is 0.0419. The third-order valence-electron chi connectivity index (χ3n) is 2.17. The van der Waals surface area contributed by atoms with Gasteiger partial charge in [-0.3, -0.25) is 4.98 Å². The number of pyridine rings is 1. The highest BCUT2D eigenvalue weighted by molar-refractivity contribution is 6.32. The molecule has 2 N–H and O–H groups in total. The Labute approximate surface area is 93.8 Å². The molecular formula is C10H6ClF3N2. The molecule has 0 amide bonds. The van der Waals surface area contributed by atoms with Crippen molar-refractivity contribution < 1.29 is 13.2 Å². The second-order valence-corrected chi connectivity index (χ2v) is 3.65. The van der Waals surface area contributed by atoms with E-state index in [1.54, 1.807) is 0 Å². The van der Waals surface area contributed by atoms with Crippen molar-refractivity contribution in [1.82, 2.24) is 4.98 Å². The van der Waals surface area contributed by atoms with E-state index >= 15 is 0 Å². The Kier molecular flexibility index (Phi) is 2.42. The van der Waals surface area contributed by atoms with Gasteiger partial charge < -0.3 is 5.73 Å². The first kappa shape index (κ1) is 11.0. The Bertz CT molecular complexity index is 551. The van der Waals surface area contributed by atoms with Crippen LogP contribution in [0, 0.1) is 0 Å². The predicted octanol–water partition coefficient (Wildman–Crippen LogP) is 3.49. The molecule has 0 radical (unpaired) electrons. The molecule has 0 saturated carbocycles. The van der Waals surface area contributed by atoms with Crippen molar-refractivity contribution in [3.8, 4) is 0 Å². The first-order chi connectivity index (χ1) is 7.39. The summed E-state index contributed by atoms with van der Waals surface area (Å²) >= 11 is 5.56. The van der Waals surface area contributed by atoms with Crippen LogP contribution >= 0.6 is 11.6 Å². The molecule has 0 bridgehead atoms. The summed E-state index contributed by atoms with van der Waals surface area (Å²) in [6, 6.07) is 3.59. The highest BCUT2D eigenvalue weighted by Gasteiger charge is 2.33. The zero-order valence-electron chi connectivity index (χ0n) is 7.85. The van der Waals surface area contributed by atoms with Crippen LogP contribution in [-0.2, 0) is 6.18 Å². The largest absolute Gasteiger partial charge is 0.417 e. The number of fused-ring (bicyclic) bond motifs is 1. The van der Waals surface area contributed by atoms with E-state index in [1.165, 1.54) is 18.3 Å². The molecule has 0 aliphatic rings. The fourth-order valence-electron chi connectivity index (χ4n) is 1.40. The van der Waals surface area contributed by atoms with E-state index < -0.39 is 11.7 Å². The van der Waals surface area contributed by atoms with Crippen molar-refractivity contribution in [2.75, 3.05) is 5.73 Å². The van der Waals surface area contributed by atoms with E-state index in [9.17, 15) is 13.2 Å². The van der Waals surface area contributed by atoms with Gasteiger partial charge in [0.1, 0.15) is 0 Å². The summed E-state index contributed by atoms with van der Waals surface area (Å²) in [5.74, 6) is 0. The number of benzene rings is 1. The molecule has 0 unspecified atom stereocenters. The molecule has 0 aliphatic carbocycles. The van der Waals surface area contributed by atoms with Crippen LogP contribution in [-0.4, -0.2) is 4.98 Å². The summed E-state index contributed by atoms with van der Waals surface area (Å²) in [4.78, 5) is 3.82. The Hall–Kier alpha value is -1.49. The number of nitrogens with zero attached hydrogens (tertiary/aromatic N) is 1. The first-order valence-electron chi connectivity index (χ1n) is 4.30. The van der Waals surface area contributed by atoms with Gasteiger partial charge in [-0.25, -0.2) is 0 Å². The summed E-state index contributed by atoms with van der Waals surface area (Å²) in [6.07, 6.45) is -3.14. The highest BCUT2D eigenvalue weighted by Crippen LogP contribution is 2.37. The molecule has 1 heterocycles. The van der Waals surface area contributed by atoms with Gasteiger partial charge in [0.15, 0.2) is 0 Å². The van der Waals surface area contributed by atoms with Gasteiger partial charge in [0.25, 0.3) is 0 Å². The van der Waals surface area contributed by atoms with E-state index in [1.807, 2.05) is 0 Å². The molecule has 1 aromatic carbocycles. The summed E-state index contributed by atoms with van der Waals surface area (Å²) < 4.78 is 37.6. The summed E-state index contributed by atoms with van der Waals surface area (Å²) in [6.45, 7) is 0. The average Bonchev–Trinajstić information content (AvgIpc) is 2.17. The minimum absolute atomic E-state index is 0.178. The molecule has 2 aromatic rings. The Morgan fingerprint density at radius 2 is 1.94 bits per heavy atom. The van der Waals surface area contributed by atoms with Crippen molar-refractivity contribution in [1.29, 1.82) is 0 Å². The summed E-state index contributed by atoms with van der Waals surface area (Å²) in [5.41, 5.74) is 5.23. The minimum atomic E-state index is -4.49. The standard InChI is InChI=1S/C10H6ClF3N2/c11-7-3-5-8(15)1-2-16-9(5)4-6(7)10(12,13)14/h1-4H,(H2,15,16). The van der Waals surface area contributed by atoms with Crippen LogP contribution in [0.4, 0.5) is 18.9 Å². The molecule has 2 rings (SSSR count). The van der Waals surface area contributed by atoms with Crippen LogP contribution in [0.3, 0.4) is 0 Å². The number of nitrogens with two attached hydrogens (primary N) is 1. The minimum Gasteiger partial charge on any atom is -0.398 e. The van der Waals surface area contributed by atoms with Gasteiger partial charge in [-0.2, -0.15) is 13.2 Å². The lowest BCUT2D eigenvalue weighted by Gasteiger charge is -2.10. The number of halogens is 4. The zero-order valence-corrected chi connectivity index (χ0v) is 8.60. The van der Waals surface area contributed by atoms with E-state index in [0.717, 1.165) is 6.07 Å². The van der Waals surface area contributed by atoms with Crippen LogP contribution < -0.4 is 5.73 Å². The van der Waals surface area contributed by atoms with Gasteiger partial charge in [-0.15, -0.1) is 0 Å². The smallest absolute Gasteiger partial charge is 0.398 e. The quantitative estimate of drug-likeness (QED) is 0.773.